The maximum Gasteiger partial charge on any atom is 0.0728 e. The summed E-state index contributed by atoms with van der Waals surface area (Å²) in [6, 6.07) is 0.609. The molecule has 0 aromatic heterocycles. The Balaban J connectivity index is 1.84. The number of nitrogens with one attached hydrogen (secondary N) is 1. The first-order chi connectivity index (χ1) is 6.88. The number of hydrogen-bond acceptors (Lipinski definition) is 3. The minimum absolute atomic E-state index is 0.494. The molecule has 3 heteroatoms. The fraction of sp³-hybridized carbons (Fsp3) is 1.00. The van der Waals surface area contributed by atoms with Crippen LogP contribution in [-0.4, -0.2) is 49.8 Å². The van der Waals surface area contributed by atoms with Crippen LogP contribution in [-0.2, 0) is 4.74 Å². The van der Waals surface area contributed by atoms with Crippen molar-refractivity contribution in [3.05, 3.63) is 0 Å². The average Bonchev–Trinajstić information content (AvgIpc) is 2.59. The van der Waals surface area contributed by atoms with Crippen molar-refractivity contribution in [1.82, 2.24) is 10.2 Å². The molecule has 2 heterocycles. The quantitative estimate of drug-likeness (QED) is 0.712. The average molecular weight is 198 g/mol. The van der Waals surface area contributed by atoms with E-state index in [1.807, 2.05) is 0 Å². The van der Waals surface area contributed by atoms with Gasteiger partial charge in [-0.2, -0.15) is 0 Å². The van der Waals surface area contributed by atoms with Crippen molar-refractivity contribution in [3.8, 4) is 0 Å². The Labute approximate surface area is 86.8 Å². The highest BCUT2D eigenvalue weighted by Gasteiger charge is 2.27. The summed E-state index contributed by atoms with van der Waals surface area (Å²) in [4.78, 5) is 2.58. The second-order valence-electron chi connectivity index (χ2n) is 4.43. The van der Waals surface area contributed by atoms with Crippen LogP contribution in [0.25, 0.3) is 0 Å². The molecule has 2 saturated heterocycles. The molecule has 0 saturated carbocycles. The van der Waals surface area contributed by atoms with E-state index in [0.717, 1.165) is 13.2 Å². The molecule has 0 amide bonds. The standard InChI is InChI=1S/C11H22N2O/c1-10(11-4-2-9-14-11)13-7-3-5-12-6-8-13/h10-12H,2-9H2,1H3. The smallest absolute Gasteiger partial charge is 0.0728 e. The fourth-order valence-corrected chi connectivity index (χ4v) is 2.49. The summed E-state index contributed by atoms with van der Waals surface area (Å²) in [6.07, 6.45) is 4.27. The molecule has 1 N–H and O–H groups in total. The van der Waals surface area contributed by atoms with Crippen LogP contribution in [0.2, 0.25) is 0 Å². The zero-order valence-electron chi connectivity index (χ0n) is 9.17. The monoisotopic (exact) mass is 198 g/mol. The molecule has 3 nitrogen and oxygen atoms in total. The molecule has 2 atom stereocenters. The molecular formula is C11H22N2O. The lowest BCUT2D eigenvalue weighted by molar-refractivity contribution is 0.0339. The van der Waals surface area contributed by atoms with E-state index < -0.39 is 0 Å². The van der Waals surface area contributed by atoms with Crippen molar-refractivity contribution in [3.63, 3.8) is 0 Å². The van der Waals surface area contributed by atoms with Gasteiger partial charge in [-0.05, 0) is 39.3 Å². The van der Waals surface area contributed by atoms with Gasteiger partial charge < -0.3 is 10.1 Å². The van der Waals surface area contributed by atoms with Crippen LogP contribution in [0, 0.1) is 0 Å². The normalized spacial score (nSPS) is 32.8. The van der Waals surface area contributed by atoms with E-state index in [1.54, 1.807) is 0 Å². The van der Waals surface area contributed by atoms with Gasteiger partial charge in [0.25, 0.3) is 0 Å². The van der Waals surface area contributed by atoms with Gasteiger partial charge in [-0.1, -0.05) is 0 Å². The summed E-state index contributed by atoms with van der Waals surface area (Å²) in [5, 5.41) is 3.44. The predicted octanol–water partition coefficient (Wildman–Crippen LogP) is 0.849. The second-order valence-corrected chi connectivity index (χ2v) is 4.43. The fourth-order valence-electron chi connectivity index (χ4n) is 2.49. The summed E-state index contributed by atoms with van der Waals surface area (Å²) in [6.45, 7) is 8.02. The maximum absolute atomic E-state index is 5.75. The Morgan fingerprint density at radius 2 is 2.21 bits per heavy atom. The van der Waals surface area contributed by atoms with Crippen molar-refractivity contribution >= 4 is 0 Å². The van der Waals surface area contributed by atoms with Gasteiger partial charge >= 0.3 is 0 Å². The molecule has 0 aromatic carbocycles. The largest absolute Gasteiger partial charge is 0.377 e. The minimum atomic E-state index is 0.494. The van der Waals surface area contributed by atoms with Crippen molar-refractivity contribution in [1.29, 1.82) is 0 Å². The van der Waals surface area contributed by atoms with Gasteiger partial charge in [0.1, 0.15) is 0 Å². The molecule has 2 fully saturated rings. The lowest BCUT2D eigenvalue weighted by Crippen LogP contribution is -2.43. The van der Waals surface area contributed by atoms with Crippen LogP contribution >= 0.6 is 0 Å². The molecule has 82 valence electrons. The topological polar surface area (TPSA) is 24.5 Å². The van der Waals surface area contributed by atoms with Crippen LogP contribution < -0.4 is 5.32 Å². The summed E-state index contributed by atoms with van der Waals surface area (Å²) < 4.78 is 5.75. The van der Waals surface area contributed by atoms with Crippen molar-refractivity contribution in [2.45, 2.75) is 38.3 Å². The Morgan fingerprint density at radius 1 is 1.29 bits per heavy atom. The highest BCUT2D eigenvalue weighted by Crippen LogP contribution is 2.19. The molecule has 14 heavy (non-hydrogen) atoms. The van der Waals surface area contributed by atoms with E-state index in [0.29, 0.717) is 12.1 Å². The molecule has 0 aliphatic carbocycles. The Bertz CT molecular complexity index is 161. The Morgan fingerprint density at radius 3 is 3.00 bits per heavy atom. The summed E-state index contributed by atoms with van der Waals surface area (Å²) >= 11 is 0. The number of hydrogen-bond donors (Lipinski definition) is 1. The van der Waals surface area contributed by atoms with Crippen molar-refractivity contribution in [2.24, 2.45) is 0 Å². The van der Waals surface area contributed by atoms with E-state index in [1.165, 1.54) is 38.9 Å². The molecule has 2 unspecified atom stereocenters. The SMILES string of the molecule is CC(C1CCCO1)N1CCCNCC1. The maximum atomic E-state index is 5.75. The van der Waals surface area contributed by atoms with Gasteiger partial charge in [0.05, 0.1) is 6.10 Å². The van der Waals surface area contributed by atoms with E-state index in [-0.39, 0.29) is 0 Å². The third-order valence-electron chi connectivity index (χ3n) is 3.45. The van der Waals surface area contributed by atoms with Crippen molar-refractivity contribution in [2.75, 3.05) is 32.8 Å². The van der Waals surface area contributed by atoms with Crippen molar-refractivity contribution < 1.29 is 4.74 Å². The molecule has 0 radical (unpaired) electrons. The first kappa shape index (κ1) is 10.4. The Kier molecular flexibility index (Phi) is 3.79. The number of rotatable bonds is 2. The Hall–Kier alpha value is -0.120. The molecule has 2 aliphatic rings. The molecule has 2 rings (SSSR count). The summed E-state index contributed by atoms with van der Waals surface area (Å²) in [5.74, 6) is 0. The molecule has 0 aromatic rings. The highest BCUT2D eigenvalue weighted by atomic mass is 16.5. The molecule has 2 aliphatic heterocycles. The van der Waals surface area contributed by atoms with Gasteiger partial charge in [-0.3, -0.25) is 4.90 Å². The first-order valence-electron chi connectivity index (χ1n) is 5.94. The van der Waals surface area contributed by atoms with Gasteiger partial charge in [-0.15, -0.1) is 0 Å². The van der Waals surface area contributed by atoms with E-state index in [4.69, 9.17) is 4.74 Å². The molecular weight excluding hydrogens is 176 g/mol. The minimum Gasteiger partial charge on any atom is -0.377 e. The molecule has 0 spiro atoms. The zero-order valence-corrected chi connectivity index (χ0v) is 9.17. The zero-order chi connectivity index (χ0) is 9.80. The van der Waals surface area contributed by atoms with Gasteiger partial charge in [-0.25, -0.2) is 0 Å². The highest BCUT2D eigenvalue weighted by molar-refractivity contribution is 4.81. The van der Waals surface area contributed by atoms with E-state index in [2.05, 4.69) is 17.1 Å². The van der Waals surface area contributed by atoms with Gasteiger partial charge in [0.2, 0.25) is 0 Å². The number of ether oxygens (including phenoxy) is 1. The first-order valence-corrected chi connectivity index (χ1v) is 5.94. The molecule has 0 bridgehead atoms. The summed E-state index contributed by atoms with van der Waals surface area (Å²) in [7, 11) is 0. The van der Waals surface area contributed by atoms with Gasteiger partial charge in [0, 0.05) is 25.7 Å². The third-order valence-corrected chi connectivity index (χ3v) is 3.45. The van der Waals surface area contributed by atoms with Crippen LogP contribution in [0.1, 0.15) is 26.2 Å². The lowest BCUT2D eigenvalue weighted by Gasteiger charge is -2.31. The number of nitrogens with zero attached hydrogens (tertiary/aromatic N) is 1. The van der Waals surface area contributed by atoms with Crippen LogP contribution in [0.3, 0.4) is 0 Å². The van der Waals surface area contributed by atoms with Crippen LogP contribution in [0.15, 0.2) is 0 Å². The van der Waals surface area contributed by atoms with Crippen LogP contribution in [0.5, 0.6) is 0 Å². The lowest BCUT2D eigenvalue weighted by atomic mass is 10.1. The van der Waals surface area contributed by atoms with E-state index >= 15 is 0 Å². The third kappa shape index (κ3) is 2.47. The van der Waals surface area contributed by atoms with Crippen LogP contribution in [0.4, 0.5) is 0 Å². The summed E-state index contributed by atoms with van der Waals surface area (Å²) in [5.41, 5.74) is 0. The predicted molar refractivity (Wildman–Crippen MR) is 57.5 cm³/mol. The second kappa shape index (κ2) is 5.10. The van der Waals surface area contributed by atoms with E-state index in [9.17, 15) is 0 Å². The van der Waals surface area contributed by atoms with Gasteiger partial charge in [0.15, 0.2) is 0 Å².